The predicted octanol–water partition coefficient (Wildman–Crippen LogP) is 0.872. The van der Waals surface area contributed by atoms with E-state index in [0.29, 0.717) is 12.0 Å². The summed E-state index contributed by atoms with van der Waals surface area (Å²) in [5.41, 5.74) is -0.243. The number of phenolic OH excluding ortho intramolecular Hbond substituents is 1. The molecule has 0 radical (unpaired) electrons. The lowest BCUT2D eigenvalue weighted by atomic mass is 9.76. The van der Waals surface area contributed by atoms with Gasteiger partial charge in [0, 0.05) is 18.4 Å². The van der Waals surface area contributed by atoms with E-state index >= 15 is 0 Å². The van der Waals surface area contributed by atoms with Gasteiger partial charge in [-0.2, -0.15) is 0 Å². The Bertz CT molecular complexity index is 550. The number of ether oxygens (including phenoxy) is 1. The molecule has 3 rings (SSSR count). The molecule has 0 bridgehead atoms. The minimum absolute atomic E-state index is 0.103. The van der Waals surface area contributed by atoms with Crippen molar-refractivity contribution in [2.24, 2.45) is 0 Å². The highest BCUT2D eigenvalue weighted by molar-refractivity contribution is 6.01. The molecule has 2 aliphatic rings. The monoisotopic (exact) mass is 248 g/mol. The summed E-state index contributed by atoms with van der Waals surface area (Å²) >= 11 is 0. The molecular formula is C13H12O5. The summed E-state index contributed by atoms with van der Waals surface area (Å²) in [6, 6.07) is 4.70. The third-order valence-corrected chi connectivity index (χ3v) is 3.66. The first-order valence-electron chi connectivity index (χ1n) is 5.80. The topological polar surface area (TPSA) is 83.8 Å². The van der Waals surface area contributed by atoms with Crippen LogP contribution in [0.5, 0.6) is 5.75 Å². The van der Waals surface area contributed by atoms with Gasteiger partial charge in [-0.3, -0.25) is 4.79 Å². The van der Waals surface area contributed by atoms with Gasteiger partial charge >= 0.3 is 5.97 Å². The maximum absolute atomic E-state index is 11.8. The summed E-state index contributed by atoms with van der Waals surface area (Å²) in [5, 5.41) is 19.3. The number of hydrogen-bond donors (Lipinski definition) is 2. The SMILES string of the molecule is O=C1CCC2(CC(O)C(=O)O2)c2cccc(O)c21. The van der Waals surface area contributed by atoms with Crippen molar-refractivity contribution in [1.29, 1.82) is 0 Å². The van der Waals surface area contributed by atoms with Crippen LogP contribution >= 0.6 is 0 Å². The number of aliphatic hydroxyl groups excluding tert-OH is 1. The Morgan fingerprint density at radius 2 is 2.11 bits per heavy atom. The fraction of sp³-hybridized carbons (Fsp3) is 0.385. The summed E-state index contributed by atoms with van der Waals surface area (Å²) in [6.45, 7) is 0. The van der Waals surface area contributed by atoms with Crippen LogP contribution in [-0.4, -0.2) is 28.1 Å². The van der Waals surface area contributed by atoms with Crippen LogP contribution in [0.3, 0.4) is 0 Å². The molecule has 1 aromatic carbocycles. The van der Waals surface area contributed by atoms with Gasteiger partial charge in [0.1, 0.15) is 11.4 Å². The van der Waals surface area contributed by atoms with Crippen molar-refractivity contribution in [1.82, 2.24) is 0 Å². The lowest BCUT2D eigenvalue weighted by Gasteiger charge is -2.33. The molecule has 0 aromatic heterocycles. The molecule has 1 aromatic rings. The minimum atomic E-state index is -1.16. The smallest absolute Gasteiger partial charge is 0.336 e. The van der Waals surface area contributed by atoms with E-state index in [2.05, 4.69) is 0 Å². The van der Waals surface area contributed by atoms with Crippen molar-refractivity contribution in [3.8, 4) is 5.75 Å². The fourth-order valence-electron chi connectivity index (χ4n) is 2.80. The van der Waals surface area contributed by atoms with E-state index in [1.165, 1.54) is 6.07 Å². The number of hydrogen-bond acceptors (Lipinski definition) is 5. The van der Waals surface area contributed by atoms with Crippen LogP contribution in [0.15, 0.2) is 18.2 Å². The number of esters is 1. The number of benzene rings is 1. The van der Waals surface area contributed by atoms with Crippen LogP contribution in [0.2, 0.25) is 0 Å². The number of ketones is 1. The van der Waals surface area contributed by atoms with Gasteiger partial charge in [-0.1, -0.05) is 12.1 Å². The molecule has 2 unspecified atom stereocenters. The zero-order valence-electron chi connectivity index (χ0n) is 9.55. The third-order valence-electron chi connectivity index (χ3n) is 3.66. The Hall–Kier alpha value is -1.88. The van der Waals surface area contributed by atoms with Crippen LogP contribution in [0.25, 0.3) is 0 Å². The van der Waals surface area contributed by atoms with E-state index in [1.807, 2.05) is 0 Å². The van der Waals surface area contributed by atoms with Gasteiger partial charge in [-0.05, 0) is 12.5 Å². The van der Waals surface area contributed by atoms with Crippen molar-refractivity contribution >= 4 is 11.8 Å². The fourth-order valence-corrected chi connectivity index (χ4v) is 2.80. The van der Waals surface area contributed by atoms with Crippen LogP contribution in [0.4, 0.5) is 0 Å². The average molecular weight is 248 g/mol. The molecule has 1 saturated heterocycles. The van der Waals surface area contributed by atoms with Crippen LogP contribution in [0, 0.1) is 0 Å². The van der Waals surface area contributed by atoms with Gasteiger partial charge in [-0.25, -0.2) is 4.79 Å². The summed E-state index contributed by atoms with van der Waals surface area (Å²) in [6.07, 6.45) is -0.473. The highest BCUT2D eigenvalue weighted by Gasteiger charge is 2.51. The molecule has 1 aliphatic carbocycles. The zero-order valence-corrected chi connectivity index (χ0v) is 9.55. The van der Waals surface area contributed by atoms with Gasteiger partial charge in [0.2, 0.25) is 0 Å². The Labute approximate surface area is 103 Å². The summed E-state index contributed by atoms with van der Waals surface area (Å²) in [4.78, 5) is 23.3. The maximum atomic E-state index is 11.8. The molecule has 2 N–H and O–H groups in total. The van der Waals surface area contributed by atoms with E-state index in [1.54, 1.807) is 12.1 Å². The Morgan fingerprint density at radius 1 is 1.33 bits per heavy atom. The second kappa shape index (κ2) is 3.55. The first-order chi connectivity index (χ1) is 8.53. The quantitative estimate of drug-likeness (QED) is 0.665. The molecule has 1 aliphatic heterocycles. The lowest BCUT2D eigenvalue weighted by Crippen LogP contribution is -2.33. The first-order valence-corrected chi connectivity index (χ1v) is 5.80. The number of Topliss-reactive ketones (excluding diaryl/α,β-unsaturated/α-hetero) is 1. The molecule has 0 amide bonds. The Morgan fingerprint density at radius 3 is 2.78 bits per heavy atom. The van der Waals surface area contributed by atoms with Crippen molar-refractivity contribution in [2.75, 3.05) is 0 Å². The van der Waals surface area contributed by atoms with E-state index in [0.717, 1.165) is 0 Å². The van der Waals surface area contributed by atoms with Gasteiger partial charge < -0.3 is 14.9 Å². The number of aromatic hydroxyl groups is 1. The minimum Gasteiger partial charge on any atom is -0.507 e. The Balaban J connectivity index is 2.18. The molecule has 94 valence electrons. The lowest BCUT2D eigenvalue weighted by molar-refractivity contribution is -0.154. The highest BCUT2D eigenvalue weighted by Crippen LogP contribution is 2.47. The van der Waals surface area contributed by atoms with E-state index in [9.17, 15) is 19.8 Å². The van der Waals surface area contributed by atoms with Crippen molar-refractivity contribution in [3.63, 3.8) is 0 Å². The number of carbonyl (C=O) groups excluding carboxylic acids is 2. The summed E-state index contributed by atoms with van der Waals surface area (Å²) in [5.74, 6) is -0.932. The van der Waals surface area contributed by atoms with E-state index in [-0.39, 0.29) is 29.9 Å². The van der Waals surface area contributed by atoms with Crippen LogP contribution in [0.1, 0.15) is 35.2 Å². The summed E-state index contributed by atoms with van der Waals surface area (Å²) in [7, 11) is 0. The number of carbonyl (C=O) groups is 2. The molecule has 5 heteroatoms. The first kappa shape index (κ1) is 11.2. The van der Waals surface area contributed by atoms with Crippen LogP contribution in [-0.2, 0) is 15.1 Å². The van der Waals surface area contributed by atoms with Crippen molar-refractivity contribution < 1.29 is 24.5 Å². The molecule has 18 heavy (non-hydrogen) atoms. The number of rotatable bonds is 0. The number of fused-ring (bicyclic) bond motifs is 2. The zero-order chi connectivity index (χ0) is 12.9. The van der Waals surface area contributed by atoms with Crippen LogP contribution < -0.4 is 0 Å². The van der Waals surface area contributed by atoms with Crippen molar-refractivity contribution in [3.05, 3.63) is 29.3 Å². The molecular weight excluding hydrogens is 236 g/mol. The normalized spacial score (nSPS) is 30.4. The molecule has 1 fully saturated rings. The second-order valence-electron chi connectivity index (χ2n) is 4.76. The van der Waals surface area contributed by atoms with Gasteiger partial charge in [0.05, 0.1) is 5.56 Å². The number of aliphatic hydroxyl groups is 1. The van der Waals surface area contributed by atoms with Crippen molar-refractivity contribution in [2.45, 2.75) is 31.0 Å². The average Bonchev–Trinajstić information content (AvgIpc) is 2.61. The van der Waals surface area contributed by atoms with E-state index < -0.39 is 17.7 Å². The predicted molar refractivity (Wildman–Crippen MR) is 60.1 cm³/mol. The third kappa shape index (κ3) is 1.37. The molecule has 5 nitrogen and oxygen atoms in total. The van der Waals surface area contributed by atoms with Gasteiger partial charge in [-0.15, -0.1) is 0 Å². The summed E-state index contributed by atoms with van der Waals surface area (Å²) < 4.78 is 5.28. The molecule has 1 spiro atoms. The van der Waals surface area contributed by atoms with E-state index in [4.69, 9.17) is 4.74 Å². The Kier molecular flexibility index (Phi) is 2.22. The van der Waals surface area contributed by atoms with Gasteiger partial charge in [0.15, 0.2) is 11.9 Å². The molecule has 1 heterocycles. The standard InChI is InChI=1S/C13H12O5/c14-8-3-1-2-7-11(8)9(15)4-5-13(7)6-10(16)12(17)18-13/h1-3,10,14,16H,4-6H2. The second-order valence-corrected chi connectivity index (χ2v) is 4.76. The maximum Gasteiger partial charge on any atom is 0.336 e. The van der Waals surface area contributed by atoms with Gasteiger partial charge in [0.25, 0.3) is 0 Å². The molecule has 2 atom stereocenters. The largest absolute Gasteiger partial charge is 0.507 e. The molecule has 0 saturated carbocycles. The number of phenols is 1. The highest BCUT2D eigenvalue weighted by atomic mass is 16.6.